The van der Waals surface area contributed by atoms with Crippen LogP contribution < -0.4 is 10.2 Å². The number of hydrogen-bond donors (Lipinski definition) is 2. The molecule has 3 atom stereocenters. The Hall–Kier alpha value is -4.93. The number of amides is 1. The van der Waals surface area contributed by atoms with E-state index in [0.29, 0.717) is 12.1 Å². The van der Waals surface area contributed by atoms with Crippen LogP contribution in [-0.4, -0.2) is 64.7 Å². The highest BCUT2D eigenvalue weighted by Crippen LogP contribution is 2.39. The molecular weight excluding hydrogens is 614 g/mol. The molecule has 3 heterocycles. The van der Waals surface area contributed by atoms with Gasteiger partial charge in [0.1, 0.15) is 0 Å². The number of aliphatic hydroxyl groups is 1. The molecule has 1 aromatic heterocycles. The molecule has 0 spiro atoms. The van der Waals surface area contributed by atoms with Crippen LogP contribution in [0.2, 0.25) is 0 Å². The van der Waals surface area contributed by atoms with Gasteiger partial charge in [-0.3, -0.25) is 9.69 Å². The number of anilines is 1. The topological polar surface area (TPSA) is 100 Å². The van der Waals surface area contributed by atoms with Crippen LogP contribution in [0.4, 0.5) is 5.95 Å². The normalized spacial score (nSPS) is 19.8. The van der Waals surface area contributed by atoms with Gasteiger partial charge in [-0.15, -0.1) is 0 Å². The summed E-state index contributed by atoms with van der Waals surface area (Å²) in [4.78, 5) is 26.1. The van der Waals surface area contributed by atoms with Gasteiger partial charge in [0.05, 0.1) is 18.8 Å². The molecule has 2 aliphatic heterocycles. The molecule has 4 aromatic carbocycles. The number of nitrogens with one attached hydrogen (secondary N) is 1. The largest absolute Gasteiger partial charge is 0.392 e. The molecule has 9 nitrogen and oxygen atoms in total. The Kier molecular flexibility index (Phi) is 10.3. The van der Waals surface area contributed by atoms with Gasteiger partial charge in [0.2, 0.25) is 5.95 Å². The summed E-state index contributed by atoms with van der Waals surface area (Å²) in [6.45, 7) is 4.81. The SMILES string of the molecule is O=C(NCc1cccc(-c2ccc([C@H]3O[C@@H](CN4CCN(c5ncccn5)CC4)C[C@@H](c4ccc(CO)cc4)O3)cc2)c1)c1ccccc1. The van der Waals surface area contributed by atoms with Crippen molar-refractivity contribution in [2.45, 2.75) is 38.1 Å². The second-order valence-corrected chi connectivity index (χ2v) is 12.6. The van der Waals surface area contributed by atoms with E-state index in [9.17, 15) is 9.90 Å². The van der Waals surface area contributed by atoms with Gasteiger partial charge in [-0.2, -0.15) is 0 Å². The smallest absolute Gasteiger partial charge is 0.251 e. The first kappa shape index (κ1) is 32.6. The fourth-order valence-corrected chi connectivity index (χ4v) is 6.47. The molecule has 2 fully saturated rings. The lowest BCUT2D eigenvalue weighted by atomic mass is 9.98. The van der Waals surface area contributed by atoms with Crippen molar-refractivity contribution < 1.29 is 19.4 Å². The highest BCUT2D eigenvalue weighted by atomic mass is 16.7. The Morgan fingerprint density at radius 3 is 2.22 bits per heavy atom. The lowest BCUT2D eigenvalue weighted by Gasteiger charge is -2.40. The summed E-state index contributed by atoms with van der Waals surface area (Å²) in [6.07, 6.45) is 3.63. The van der Waals surface area contributed by atoms with Gasteiger partial charge in [-0.1, -0.05) is 84.9 Å². The number of aliphatic hydroxyl groups excluding tert-OH is 1. The Balaban J connectivity index is 1.03. The lowest BCUT2D eigenvalue weighted by molar-refractivity contribution is -0.253. The number of benzene rings is 4. The average molecular weight is 656 g/mol. The van der Waals surface area contributed by atoms with Crippen LogP contribution in [-0.2, 0) is 22.6 Å². The summed E-state index contributed by atoms with van der Waals surface area (Å²) in [5, 5.41) is 12.6. The van der Waals surface area contributed by atoms with Gasteiger partial charge in [-0.25, -0.2) is 9.97 Å². The highest BCUT2D eigenvalue weighted by Gasteiger charge is 2.34. The number of hydrogen-bond acceptors (Lipinski definition) is 8. The van der Waals surface area contributed by atoms with Crippen LogP contribution in [0.15, 0.2) is 122 Å². The van der Waals surface area contributed by atoms with E-state index in [-0.39, 0.29) is 24.7 Å². The molecule has 250 valence electrons. The lowest BCUT2D eigenvalue weighted by Crippen LogP contribution is -2.50. The number of aromatic nitrogens is 2. The number of rotatable bonds is 10. The van der Waals surface area contributed by atoms with Crippen molar-refractivity contribution in [1.82, 2.24) is 20.2 Å². The van der Waals surface area contributed by atoms with Crippen LogP contribution in [0.5, 0.6) is 0 Å². The summed E-state index contributed by atoms with van der Waals surface area (Å²) in [5.74, 6) is 0.689. The maximum absolute atomic E-state index is 12.6. The second-order valence-electron chi connectivity index (χ2n) is 12.6. The molecule has 0 unspecified atom stereocenters. The van der Waals surface area contributed by atoms with E-state index in [0.717, 1.165) is 78.5 Å². The predicted molar refractivity (Wildman–Crippen MR) is 189 cm³/mol. The van der Waals surface area contributed by atoms with Crippen molar-refractivity contribution in [3.8, 4) is 11.1 Å². The number of ether oxygens (including phenoxy) is 2. The maximum Gasteiger partial charge on any atom is 0.251 e. The van der Waals surface area contributed by atoms with E-state index in [2.05, 4.69) is 61.5 Å². The molecule has 1 amide bonds. The molecule has 0 aliphatic carbocycles. The first-order chi connectivity index (χ1) is 24.1. The number of carbonyl (C=O) groups is 1. The van der Waals surface area contributed by atoms with E-state index in [4.69, 9.17) is 9.47 Å². The van der Waals surface area contributed by atoms with Crippen molar-refractivity contribution in [3.05, 3.63) is 149 Å². The summed E-state index contributed by atoms with van der Waals surface area (Å²) in [7, 11) is 0. The molecule has 2 aliphatic rings. The summed E-state index contributed by atoms with van der Waals surface area (Å²) >= 11 is 0. The van der Waals surface area contributed by atoms with Crippen LogP contribution in [0.1, 0.15) is 51.4 Å². The van der Waals surface area contributed by atoms with Gasteiger partial charge in [-0.05, 0) is 52.1 Å². The highest BCUT2D eigenvalue weighted by molar-refractivity contribution is 5.94. The third kappa shape index (κ3) is 8.21. The molecule has 49 heavy (non-hydrogen) atoms. The minimum Gasteiger partial charge on any atom is -0.392 e. The van der Waals surface area contributed by atoms with E-state index >= 15 is 0 Å². The molecule has 2 N–H and O–H groups in total. The monoisotopic (exact) mass is 655 g/mol. The predicted octanol–water partition coefficient (Wildman–Crippen LogP) is 5.93. The summed E-state index contributed by atoms with van der Waals surface area (Å²) < 4.78 is 13.3. The number of piperazine rings is 1. The first-order valence-electron chi connectivity index (χ1n) is 16.9. The standard InChI is InChI=1S/C40H41N5O4/c46-28-29-10-12-32(13-11-29)37-25-36(27-44-20-22-45(23-21-44)40-41-18-5-19-42-40)48-39(49-37)34-16-14-31(15-17-34)35-9-4-6-30(24-35)26-43-38(47)33-7-2-1-3-8-33/h1-19,24,36-37,39,46H,20-23,25-28H2,(H,43,47)/t36-,37+,39+/m1/s1. The third-order valence-electron chi connectivity index (χ3n) is 9.22. The van der Waals surface area contributed by atoms with Crippen molar-refractivity contribution in [2.24, 2.45) is 0 Å². The molecule has 0 saturated carbocycles. The van der Waals surface area contributed by atoms with Crippen molar-refractivity contribution in [2.75, 3.05) is 37.6 Å². The summed E-state index contributed by atoms with van der Waals surface area (Å²) in [5.41, 5.74) is 6.74. The molecule has 0 bridgehead atoms. The van der Waals surface area contributed by atoms with E-state index < -0.39 is 6.29 Å². The van der Waals surface area contributed by atoms with Crippen molar-refractivity contribution >= 4 is 11.9 Å². The van der Waals surface area contributed by atoms with Crippen LogP contribution >= 0.6 is 0 Å². The Morgan fingerprint density at radius 2 is 1.49 bits per heavy atom. The zero-order valence-electron chi connectivity index (χ0n) is 27.4. The van der Waals surface area contributed by atoms with Gasteiger partial charge in [0, 0.05) is 69.2 Å². The van der Waals surface area contributed by atoms with Crippen LogP contribution in [0, 0.1) is 0 Å². The summed E-state index contributed by atoms with van der Waals surface area (Å²) in [6, 6.07) is 35.7. The Labute approximate surface area is 287 Å². The van der Waals surface area contributed by atoms with Crippen molar-refractivity contribution in [3.63, 3.8) is 0 Å². The number of carbonyl (C=O) groups excluding carboxylic acids is 1. The minimum atomic E-state index is -0.520. The maximum atomic E-state index is 12.6. The quantitative estimate of drug-likeness (QED) is 0.191. The Morgan fingerprint density at radius 1 is 0.755 bits per heavy atom. The van der Waals surface area contributed by atoms with E-state index in [1.165, 1.54) is 0 Å². The fourth-order valence-electron chi connectivity index (χ4n) is 6.47. The van der Waals surface area contributed by atoms with Gasteiger partial charge >= 0.3 is 0 Å². The molecule has 0 radical (unpaired) electrons. The molecule has 7 rings (SSSR count). The zero-order chi connectivity index (χ0) is 33.4. The van der Waals surface area contributed by atoms with E-state index in [1.54, 1.807) is 12.4 Å². The molecule has 5 aromatic rings. The average Bonchev–Trinajstić information content (AvgIpc) is 3.18. The van der Waals surface area contributed by atoms with Crippen LogP contribution in [0.25, 0.3) is 11.1 Å². The van der Waals surface area contributed by atoms with Gasteiger partial charge < -0.3 is 24.8 Å². The minimum absolute atomic E-state index is 0.0117. The Bertz CT molecular complexity index is 1800. The first-order valence-corrected chi connectivity index (χ1v) is 16.9. The van der Waals surface area contributed by atoms with Gasteiger partial charge in [0.15, 0.2) is 6.29 Å². The molecular formula is C40H41N5O4. The third-order valence-corrected chi connectivity index (χ3v) is 9.22. The second kappa shape index (κ2) is 15.5. The van der Waals surface area contributed by atoms with Crippen LogP contribution in [0.3, 0.4) is 0 Å². The fraction of sp³-hybridized carbons (Fsp3) is 0.275. The van der Waals surface area contributed by atoms with Gasteiger partial charge in [0.25, 0.3) is 5.91 Å². The molecule has 9 heteroatoms. The molecule has 2 saturated heterocycles. The van der Waals surface area contributed by atoms with E-state index in [1.807, 2.05) is 72.8 Å². The van der Waals surface area contributed by atoms with Crippen molar-refractivity contribution in [1.29, 1.82) is 0 Å². The number of nitrogens with zero attached hydrogens (tertiary/aromatic N) is 4. The zero-order valence-corrected chi connectivity index (χ0v) is 27.4.